The van der Waals surface area contributed by atoms with Gasteiger partial charge < -0.3 is 14.5 Å². The lowest BCUT2D eigenvalue weighted by molar-refractivity contribution is 0.0161. The van der Waals surface area contributed by atoms with Crippen molar-refractivity contribution in [2.45, 2.75) is 30.7 Å². The highest BCUT2D eigenvalue weighted by molar-refractivity contribution is 7.89. The molecule has 2 saturated heterocycles. The van der Waals surface area contributed by atoms with Gasteiger partial charge in [-0.25, -0.2) is 8.42 Å². The van der Waals surface area contributed by atoms with Crippen LogP contribution >= 0.6 is 0 Å². The van der Waals surface area contributed by atoms with Crippen molar-refractivity contribution in [3.63, 3.8) is 0 Å². The van der Waals surface area contributed by atoms with Gasteiger partial charge in [-0.1, -0.05) is 30.3 Å². The second-order valence-electron chi connectivity index (χ2n) is 7.93. The second-order valence-corrected chi connectivity index (χ2v) is 9.83. The van der Waals surface area contributed by atoms with E-state index in [0.717, 1.165) is 31.5 Å². The minimum atomic E-state index is -3.64. The normalized spacial score (nSPS) is 19.4. The van der Waals surface area contributed by atoms with Gasteiger partial charge in [0.05, 0.1) is 19.3 Å². The lowest BCUT2D eigenvalue weighted by atomic mass is 10.0. The van der Waals surface area contributed by atoms with E-state index in [0.29, 0.717) is 32.8 Å². The summed E-state index contributed by atoms with van der Waals surface area (Å²) in [5.74, 6) is -0.158. The van der Waals surface area contributed by atoms with Crippen LogP contribution < -0.4 is 5.32 Å². The average molecular weight is 448 g/mol. The number of morpholine rings is 1. The van der Waals surface area contributed by atoms with Crippen LogP contribution in [0.3, 0.4) is 0 Å². The van der Waals surface area contributed by atoms with Crippen LogP contribution in [0, 0.1) is 6.92 Å². The van der Waals surface area contributed by atoms with E-state index in [1.54, 1.807) is 6.92 Å². The van der Waals surface area contributed by atoms with Crippen LogP contribution in [0.1, 0.15) is 40.8 Å². The molecule has 0 aliphatic carbocycles. The quantitative estimate of drug-likeness (QED) is 0.700. The van der Waals surface area contributed by atoms with Gasteiger partial charge in [0, 0.05) is 38.8 Å². The summed E-state index contributed by atoms with van der Waals surface area (Å²) >= 11 is 0. The number of carbonyl (C=O) groups is 1. The number of rotatable bonds is 7. The molecule has 0 spiro atoms. The monoisotopic (exact) mass is 447 g/mol. The van der Waals surface area contributed by atoms with Crippen LogP contribution in [0.5, 0.6) is 0 Å². The SMILES string of the molecule is Cc1oc(C(=O)NC[C@@H](c2ccccc2)N2CCOCC2)cc1S(=O)(=O)N1CCCC1. The number of amides is 1. The summed E-state index contributed by atoms with van der Waals surface area (Å²) < 4.78 is 38.2. The molecule has 168 valence electrons. The molecule has 2 aromatic rings. The lowest BCUT2D eigenvalue weighted by Crippen LogP contribution is -2.43. The maximum Gasteiger partial charge on any atom is 0.287 e. The zero-order valence-corrected chi connectivity index (χ0v) is 18.6. The standard InChI is InChI=1S/C22H29N3O5S/c1-17-21(31(27,28)25-9-5-6-10-25)15-20(30-17)22(26)23-16-19(18-7-3-2-4-8-18)24-11-13-29-14-12-24/h2-4,7-8,15,19H,5-6,9-14,16H2,1H3,(H,23,26)/t19-/m0/s1. The summed E-state index contributed by atoms with van der Waals surface area (Å²) in [4.78, 5) is 15.2. The van der Waals surface area contributed by atoms with E-state index in [9.17, 15) is 13.2 Å². The van der Waals surface area contributed by atoms with E-state index in [1.165, 1.54) is 10.4 Å². The maximum absolute atomic E-state index is 12.9. The van der Waals surface area contributed by atoms with Crippen molar-refractivity contribution in [3.05, 3.63) is 53.5 Å². The zero-order valence-electron chi connectivity index (χ0n) is 17.7. The molecule has 31 heavy (non-hydrogen) atoms. The molecular formula is C22H29N3O5S. The first kappa shape index (κ1) is 22.0. The molecule has 1 aromatic carbocycles. The smallest absolute Gasteiger partial charge is 0.287 e. The van der Waals surface area contributed by atoms with Crippen molar-refractivity contribution >= 4 is 15.9 Å². The summed E-state index contributed by atoms with van der Waals surface area (Å²) in [6.45, 7) is 5.87. The Bertz CT molecular complexity index is 993. The number of hydrogen-bond donors (Lipinski definition) is 1. The first-order valence-electron chi connectivity index (χ1n) is 10.7. The van der Waals surface area contributed by atoms with E-state index in [2.05, 4.69) is 10.2 Å². The molecule has 2 aliphatic rings. The number of nitrogens with one attached hydrogen (secondary N) is 1. The van der Waals surface area contributed by atoms with Crippen LogP contribution in [0.25, 0.3) is 0 Å². The molecule has 1 aromatic heterocycles. The number of benzene rings is 1. The van der Waals surface area contributed by atoms with E-state index < -0.39 is 15.9 Å². The Morgan fingerprint density at radius 2 is 1.77 bits per heavy atom. The Kier molecular flexibility index (Phi) is 6.76. The number of ether oxygens (including phenoxy) is 1. The van der Waals surface area contributed by atoms with Crippen LogP contribution in [-0.2, 0) is 14.8 Å². The Labute approximate surface area is 183 Å². The van der Waals surface area contributed by atoms with E-state index in [1.807, 2.05) is 30.3 Å². The molecule has 2 fully saturated rings. The van der Waals surface area contributed by atoms with Gasteiger partial charge >= 0.3 is 0 Å². The molecule has 0 unspecified atom stereocenters. The van der Waals surface area contributed by atoms with Crippen molar-refractivity contribution in [2.24, 2.45) is 0 Å². The van der Waals surface area contributed by atoms with Crippen molar-refractivity contribution in [1.29, 1.82) is 0 Å². The summed E-state index contributed by atoms with van der Waals surface area (Å²) in [7, 11) is -3.64. The van der Waals surface area contributed by atoms with E-state index >= 15 is 0 Å². The molecule has 2 aliphatic heterocycles. The van der Waals surface area contributed by atoms with Gasteiger partial charge in [0.15, 0.2) is 5.76 Å². The molecule has 0 saturated carbocycles. The van der Waals surface area contributed by atoms with E-state index in [-0.39, 0.29) is 22.5 Å². The predicted molar refractivity (Wildman–Crippen MR) is 115 cm³/mol. The van der Waals surface area contributed by atoms with Crippen molar-refractivity contribution in [1.82, 2.24) is 14.5 Å². The van der Waals surface area contributed by atoms with Crippen LogP contribution in [-0.4, -0.2) is 69.5 Å². The van der Waals surface area contributed by atoms with Crippen LogP contribution in [0.2, 0.25) is 0 Å². The Morgan fingerprint density at radius 3 is 2.45 bits per heavy atom. The van der Waals surface area contributed by atoms with E-state index in [4.69, 9.17) is 9.15 Å². The maximum atomic E-state index is 12.9. The average Bonchev–Trinajstić information content (AvgIpc) is 3.46. The molecular weight excluding hydrogens is 418 g/mol. The topological polar surface area (TPSA) is 92.1 Å². The summed E-state index contributed by atoms with van der Waals surface area (Å²) in [5, 5.41) is 2.93. The molecule has 4 rings (SSSR count). The molecule has 0 radical (unpaired) electrons. The number of nitrogens with zero attached hydrogens (tertiary/aromatic N) is 2. The van der Waals surface area contributed by atoms with Crippen LogP contribution in [0.4, 0.5) is 0 Å². The fourth-order valence-electron chi connectivity index (χ4n) is 4.20. The predicted octanol–water partition coefficient (Wildman–Crippen LogP) is 2.18. The fraction of sp³-hybridized carbons (Fsp3) is 0.500. The first-order valence-corrected chi connectivity index (χ1v) is 12.2. The Hall–Kier alpha value is -2.20. The highest BCUT2D eigenvalue weighted by Gasteiger charge is 2.32. The molecule has 3 heterocycles. The number of carbonyl (C=O) groups excluding carboxylic acids is 1. The summed E-state index contributed by atoms with van der Waals surface area (Å²) in [6.07, 6.45) is 1.71. The van der Waals surface area contributed by atoms with Gasteiger partial charge in [-0.15, -0.1) is 0 Å². The van der Waals surface area contributed by atoms with Crippen molar-refractivity contribution in [3.8, 4) is 0 Å². The van der Waals surface area contributed by atoms with Gasteiger partial charge in [-0.05, 0) is 25.3 Å². The Balaban J connectivity index is 1.48. The summed E-state index contributed by atoms with van der Waals surface area (Å²) in [5.41, 5.74) is 1.11. The fourth-order valence-corrected chi connectivity index (χ4v) is 5.88. The minimum absolute atomic E-state index is 0.00193. The molecule has 1 atom stereocenters. The third-order valence-electron chi connectivity index (χ3n) is 5.91. The third-order valence-corrected chi connectivity index (χ3v) is 7.91. The zero-order chi connectivity index (χ0) is 21.8. The minimum Gasteiger partial charge on any atom is -0.455 e. The van der Waals surface area contributed by atoms with Crippen molar-refractivity contribution < 1.29 is 22.4 Å². The summed E-state index contributed by atoms with van der Waals surface area (Å²) in [6, 6.07) is 11.4. The number of furan rings is 1. The van der Waals surface area contributed by atoms with Gasteiger partial charge in [0.1, 0.15) is 10.7 Å². The Morgan fingerprint density at radius 1 is 1.10 bits per heavy atom. The van der Waals surface area contributed by atoms with Gasteiger partial charge in [-0.3, -0.25) is 9.69 Å². The molecule has 1 N–H and O–H groups in total. The number of aryl methyl sites for hydroxylation is 1. The van der Waals surface area contributed by atoms with Gasteiger partial charge in [0.2, 0.25) is 10.0 Å². The lowest BCUT2D eigenvalue weighted by Gasteiger charge is -2.34. The van der Waals surface area contributed by atoms with Crippen LogP contribution in [0.15, 0.2) is 45.7 Å². The van der Waals surface area contributed by atoms with Crippen molar-refractivity contribution in [2.75, 3.05) is 45.9 Å². The van der Waals surface area contributed by atoms with Gasteiger partial charge in [0.25, 0.3) is 5.91 Å². The molecule has 8 nitrogen and oxygen atoms in total. The number of hydrogen-bond acceptors (Lipinski definition) is 6. The van der Waals surface area contributed by atoms with Gasteiger partial charge in [-0.2, -0.15) is 4.31 Å². The highest BCUT2D eigenvalue weighted by Crippen LogP contribution is 2.27. The first-order chi connectivity index (χ1) is 15.0. The second kappa shape index (κ2) is 9.52. The molecule has 1 amide bonds. The largest absolute Gasteiger partial charge is 0.455 e. The molecule has 9 heteroatoms. The number of sulfonamides is 1. The third kappa shape index (κ3) is 4.85. The highest BCUT2D eigenvalue weighted by atomic mass is 32.2. The molecule has 0 bridgehead atoms.